The third-order valence-corrected chi connectivity index (χ3v) is 3.58. The molecule has 1 aromatic carbocycles. The Labute approximate surface area is 134 Å². The molecule has 3 aromatic rings. The second-order valence-corrected chi connectivity index (χ2v) is 5.63. The van der Waals surface area contributed by atoms with Crippen molar-refractivity contribution in [2.45, 2.75) is 20.8 Å². The van der Waals surface area contributed by atoms with Crippen LogP contribution in [0.25, 0.3) is 17.0 Å². The van der Waals surface area contributed by atoms with E-state index in [1.807, 2.05) is 32.9 Å². The van der Waals surface area contributed by atoms with Crippen molar-refractivity contribution in [3.05, 3.63) is 65.3 Å². The van der Waals surface area contributed by atoms with E-state index in [0.29, 0.717) is 5.76 Å². The highest BCUT2D eigenvalue weighted by Gasteiger charge is 2.09. The van der Waals surface area contributed by atoms with E-state index in [0.717, 1.165) is 33.4 Å². The summed E-state index contributed by atoms with van der Waals surface area (Å²) in [5.74, 6) is 0.440. The molecule has 116 valence electrons. The predicted molar refractivity (Wildman–Crippen MR) is 92.3 cm³/mol. The average molecular weight is 306 g/mol. The smallest absolute Gasteiger partial charge is 0.248 e. The highest BCUT2D eigenvalue weighted by molar-refractivity contribution is 6.07. The molecular formula is C19H18N2O2. The Bertz CT molecular complexity index is 893. The van der Waals surface area contributed by atoms with Crippen LogP contribution in [0.5, 0.6) is 0 Å². The van der Waals surface area contributed by atoms with Crippen molar-refractivity contribution in [3.63, 3.8) is 0 Å². The number of carbonyl (C=O) groups excluding carboxylic acids is 1. The average Bonchev–Trinajstić information content (AvgIpc) is 3.00. The summed E-state index contributed by atoms with van der Waals surface area (Å²) in [5.41, 5.74) is 4.80. The van der Waals surface area contributed by atoms with Crippen LogP contribution in [0.4, 0.5) is 5.69 Å². The molecule has 0 saturated heterocycles. The van der Waals surface area contributed by atoms with E-state index in [1.165, 1.54) is 6.08 Å². The first-order chi connectivity index (χ1) is 11.0. The number of benzene rings is 1. The molecular weight excluding hydrogens is 288 g/mol. The largest absolute Gasteiger partial charge is 0.465 e. The number of hydrogen-bond acceptors (Lipinski definition) is 3. The number of fused-ring (bicyclic) bond motifs is 1. The third kappa shape index (κ3) is 3.31. The number of aryl methyl sites for hydroxylation is 3. The molecule has 0 radical (unpaired) electrons. The molecule has 0 aliphatic carbocycles. The van der Waals surface area contributed by atoms with E-state index in [-0.39, 0.29) is 5.91 Å². The van der Waals surface area contributed by atoms with Gasteiger partial charge in [0, 0.05) is 17.2 Å². The number of anilines is 1. The summed E-state index contributed by atoms with van der Waals surface area (Å²) in [7, 11) is 0. The molecule has 2 heterocycles. The van der Waals surface area contributed by atoms with Gasteiger partial charge in [0.15, 0.2) is 0 Å². The van der Waals surface area contributed by atoms with Crippen molar-refractivity contribution in [1.82, 2.24) is 4.98 Å². The van der Waals surface area contributed by atoms with Crippen LogP contribution in [0.1, 0.15) is 22.6 Å². The van der Waals surface area contributed by atoms with Crippen LogP contribution in [0.3, 0.4) is 0 Å². The number of carbonyl (C=O) groups is 1. The molecule has 0 saturated carbocycles. The van der Waals surface area contributed by atoms with Gasteiger partial charge in [0.05, 0.1) is 17.5 Å². The lowest BCUT2D eigenvalue weighted by Gasteiger charge is -2.11. The van der Waals surface area contributed by atoms with Crippen LogP contribution in [0, 0.1) is 20.8 Å². The first kappa shape index (κ1) is 15.0. The van der Waals surface area contributed by atoms with Crippen LogP contribution >= 0.6 is 0 Å². The lowest BCUT2D eigenvalue weighted by Crippen LogP contribution is -2.09. The lowest BCUT2D eigenvalue weighted by atomic mass is 10.0. The first-order valence-corrected chi connectivity index (χ1v) is 7.44. The van der Waals surface area contributed by atoms with Gasteiger partial charge in [0.25, 0.3) is 0 Å². The second-order valence-electron chi connectivity index (χ2n) is 5.63. The Kier molecular flexibility index (Phi) is 3.98. The molecule has 4 nitrogen and oxygen atoms in total. The standard InChI is InChI=1S/C19H18N2O2/c1-12-9-13(2)19-16(10-12)17(11-14(3)20-19)21-18(22)7-6-15-5-4-8-23-15/h4-11H,1-3H3,(H,20,21,22). The molecule has 0 fully saturated rings. The third-order valence-electron chi connectivity index (χ3n) is 3.58. The maximum Gasteiger partial charge on any atom is 0.248 e. The number of hydrogen-bond donors (Lipinski definition) is 1. The van der Waals surface area contributed by atoms with Gasteiger partial charge in [0.2, 0.25) is 5.91 Å². The maximum atomic E-state index is 12.2. The van der Waals surface area contributed by atoms with E-state index < -0.39 is 0 Å². The molecule has 0 atom stereocenters. The summed E-state index contributed by atoms with van der Waals surface area (Å²) in [6, 6.07) is 9.60. The van der Waals surface area contributed by atoms with Gasteiger partial charge in [-0.3, -0.25) is 9.78 Å². The molecule has 0 aliphatic heterocycles. The molecule has 0 spiro atoms. The number of nitrogens with zero attached hydrogens (tertiary/aromatic N) is 1. The van der Waals surface area contributed by atoms with Gasteiger partial charge in [0.1, 0.15) is 5.76 Å². The van der Waals surface area contributed by atoms with Gasteiger partial charge in [-0.15, -0.1) is 0 Å². The minimum atomic E-state index is -0.201. The summed E-state index contributed by atoms with van der Waals surface area (Å²) in [6.07, 6.45) is 4.67. The number of pyridine rings is 1. The summed E-state index contributed by atoms with van der Waals surface area (Å²) in [4.78, 5) is 16.8. The fourth-order valence-corrected chi connectivity index (χ4v) is 2.63. The zero-order valence-corrected chi connectivity index (χ0v) is 13.4. The number of furan rings is 1. The zero-order valence-electron chi connectivity index (χ0n) is 13.4. The van der Waals surface area contributed by atoms with Crippen LogP contribution in [-0.4, -0.2) is 10.9 Å². The van der Waals surface area contributed by atoms with Gasteiger partial charge in [-0.1, -0.05) is 11.6 Å². The molecule has 2 aromatic heterocycles. The van der Waals surface area contributed by atoms with Crippen molar-refractivity contribution in [3.8, 4) is 0 Å². The van der Waals surface area contributed by atoms with Crippen molar-refractivity contribution in [2.75, 3.05) is 5.32 Å². The van der Waals surface area contributed by atoms with E-state index in [4.69, 9.17) is 4.42 Å². The molecule has 0 bridgehead atoms. The topological polar surface area (TPSA) is 55.1 Å². The minimum absolute atomic E-state index is 0.201. The molecule has 0 aliphatic rings. The van der Waals surface area contributed by atoms with E-state index >= 15 is 0 Å². The van der Waals surface area contributed by atoms with Crippen molar-refractivity contribution in [2.24, 2.45) is 0 Å². The van der Waals surface area contributed by atoms with Crippen LogP contribution in [-0.2, 0) is 4.79 Å². The summed E-state index contributed by atoms with van der Waals surface area (Å²) >= 11 is 0. The molecule has 1 amide bonds. The Morgan fingerprint density at radius 2 is 2.04 bits per heavy atom. The predicted octanol–water partition coefficient (Wildman–Crippen LogP) is 4.40. The van der Waals surface area contributed by atoms with Gasteiger partial charge >= 0.3 is 0 Å². The van der Waals surface area contributed by atoms with Crippen molar-refractivity contribution < 1.29 is 9.21 Å². The van der Waals surface area contributed by atoms with Crippen molar-refractivity contribution >= 4 is 28.6 Å². The highest BCUT2D eigenvalue weighted by Crippen LogP contribution is 2.27. The van der Waals surface area contributed by atoms with E-state index in [9.17, 15) is 4.79 Å². The fraction of sp³-hybridized carbons (Fsp3) is 0.158. The highest BCUT2D eigenvalue weighted by atomic mass is 16.3. The van der Waals surface area contributed by atoms with E-state index in [1.54, 1.807) is 24.5 Å². The van der Waals surface area contributed by atoms with Crippen molar-refractivity contribution in [1.29, 1.82) is 0 Å². The molecule has 1 N–H and O–H groups in total. The number of nitrogens with one attached hydrogen (secondary N) is 1. The molecule has 23 heavy (non-hydrogen) atoms. The van der Waals surface area contributed by atoms with Gasteiger partial charge in [-0.25, -0.2) is 0 Å². The Balaban J connectivity index is 1.94. The van der Waals surface area contributed by atoms with Gasteiger partial charge in [-0.05, 0) is 56.7 Å². The quantitative estimate of drug-likeness (QED) is 0.729. The fourth-order valence-electron chi connectivity index (χ4n) is 2.63. The minimum Gasteiger partial charge on any atom is -0.465 e. The Morgan fingerprint density at radius 3 is 2.78 bits per heavy atom. The second kappa shape index (κ2) is 6.08. The monoisotopic (exact) mass is 306 g/mol. The van der Waals surface area contributed by atoms with Gasteiger partial charge in [-0.2, -0.15) is 0 Å². The summed E-state index contributed by atoms with van der Waals surface area (Å²) in [5, 5.41) is 3.89. The van der Waals surface area contributed by atoms with Crippen LogP contribution in [0.2, 0.25) is 0 Å². The SMILES string of the molecule is Cc1cc(C)c2nc(C)cc(NC(=O)C=Cc3ccco3)c2c1. The molecule has 3 rings (SSSR count). The number of aromatic nitrogens is 1. The zero-order chi connectivity index (χ0) is 16.4. The lowest BCUT2D eigenvalue weighted by molar-refractivity contribution is -0.111. The first-order valence-electron chi connectivity index (χ1n) is 7.44. The normalized spacial score (nSPS) is 11.3. The number of rotatable bonds is 3. The summed E-state index contributed by atoms with van der Waals surface area (Å²) in [6.45, 7) is 5.99. The maximum absolute atomic E-state index is 12.2. The van der Waals surface area contributed by atoms with Gasteiger partial charge < -0.3 is 9.73 Å². The Hall–Kier alpha value is -2.88. The Morgan fingerprint density at radius 1 is 1.22 bits per heavy atom. The van der Waals surface area contributed by atoms with Crippen LogP contribution in [0.15, 0.2) is 47.1 Å². The van der Waals surface area contributed by atoms with E-state index in [2.05, 4.69) is 16.4 Å². The van der Waals surface area contributed by atoms with Crippen LogP contribution < -0.4 is 5.32 Å². The molecule has 0 unspecified atom stereocenters. The number of amides is 1. The molecule has 4 heteroatoms. The summed E-state index contributed by atoms with van der Waals surface area (Å²) < 4.78 is 5.18.